The van der Waals surface area contributed by atoms with E-state index in [1.54, 1.807) is 0 Å². The Labute approximate surface area is 259 Å². The predicted octanol–water partition coefficient (Wildman–Crippen LogP) is 3.54. The van der Waals surface area contributed by atoms with Gasteiger partial charge in [-0.3, -0.25) is 14.0 Å². The molecule has 0 radical (unpaired) electrons. The van der Waals surface area contributed by atoms with Crippen LogP contribution in [0.5, 0.6) is 5.75 Å². The summed E-state index contributed by atoms with van der Waals surface area (Å²) in [4.78, 5) is 43.4. The summed E-state index contributed by atoms with van der Waals surface area (Å²) in [6.07, 6.45) is -3.05. The Bertz CT molecular complexity index is 1840. The first-order valence-electron chi connectivity index (χ1n) is 13.3. The number of rotatable bonds is 12. The molecule has 0 unspecified atom stereocenters. The van der Waals surface area contributed by atoms with Gasteiger partial charge in [0.05, 0.1) is 35.9 Å². The lowest BCUT2D eigenvalue weighted by molar-refractivity contribution is -0.137. The Morgan fingerprint density at radius 2 is 1.89 bits per heavy atom. The summed E-state index contributed by atoms with van der Waals surface area (Å²) in [6, 6.07) is 8.76. The van der Waals surface area contributed by atoms with Crippen molar-refractivity contribution in [2.75, 3.05) is 31.4 Å². The van der Waals surface area contributed by atoms with Gasteiger partial charge in [-0.05, 0) is 36.2 Å². The molecule has 6 N–H and O–H groups in total. The summed E-state index contributed by atoms with van der Waals surface area (Å²) in [5, 5.41) is 30.4. The number of anilines is 4. The molecule has 3 aromatic heterocycles. The van der Waals surface area contributed by atoms with Crippen molar-refractivity contribution in [3.05, 3.63) is 65.2 Å². The van der Waals surface area contributed by atoms with Gasteiger partial charge in [-0.1, -0.05) is 6.07 Å². The summed E-state index contributed by atoms with van der Waals surface area (Å²) >= 11 is 0. The molecule has 0 atom stereocenters. The van der Waals surface area contributed by atoms with E-state index in [1.165, 1.54) is 55.4 Å². The van der Waals surface area contributed by atoms with Gasteiger partial charge in [0.25, 0.3) is 5.91 Å². The standard InChI is InChI=1S/C27H27F3N9O6P/c1-32-25(41)23-20(7-6-18(34-23)16-13-39(8-3-9-40)38-21(16)11-31)35-24-17(27(28,29)30)12-33-26(37-24)36-19-5-4-15(10-22(19)45-2)14-46(42,43)44/h4-7,10,12-13,40H,3,8-9,14H2,1-2H3,(H,32,41)(H2,42,43,44)(H2,33,35,36,37). The van der Waals surface area contributed by atoms with E-state index in [4.69, 9.17) is 9.84 Å². The first kappa shape index (κ1) is 33.8. The molecule has 46 heavy (non-hydrogen) atoms. The van der Waals surface area contributed by atoms with Gasteiger partial charge >= 0.3 is 13.8 Å². The van der Waals surface area contributed by atoms with Gasteiger partial charge in [0.2, 0.25) is 5.95 Å². The first-order chi connectivity index (χ1) is 21.8. The molecular formula is C27H27F3N9O6P. The SMILES string of the molecule is CNC(=O)c1nc(-c2cn(CCCO)nc2C#N)ccc1Nc1nc(Nc2ccc(CP(=O)(O)O)cc2OC)ncc1C(F)(F)F. The van der Waals surface area contributed by atoms with Gasteiger partial charge in [-0.25, -0.2) is 9.97 Å². The molecular weight excluding hydrogens is 634 g/mol. The van der Waals surface area contributed by atoms with Crippen LogP contribution in [0, 0.1) is 11.3 Å². The molecule has 0 spiro atoms. The van der Waals surface area contributed by atoms with Crippen molar-refractivity contribution in [2.45, 2.75) is 25.3 Å². The minimum atomic E-state index is -4.91. The highest BCUT2D eigenvalue weighted by molar-refractivity contribution is 7.50. The maximum Gasteiger partial charge on any atom is 0.421 e. The Hall–Kier alpha value is -5.08. The second-order valence-corrected chi connectivity index (χ2v) is 11.2. The van der Waals surface area contributed by atoms with Gasteiger partial charge < -0.3 is 35.6 Å². The van der Waals surface area contributed by atoms with Crippen LogP contribution in [0.15, 0.2) is 42.7 Å². The third kappa shape index (κ3) is 8.14. The van der Waals surface area contributed by atoms with Crippen molar-refractivity contribution in [3.63, 3.8) is 0 Å². The molecule has 1 aromatic carbocycles. The van der Waals surface area contributed by atoms with Gasteiger partial charge in [-0.15, -0.1) is 0 Å². The molecule has 19 heteroatoms. The highest BCUT2D eigenvalue weighted by Gasteiger charge is 2.36. The van der Waals surface area contributed by atoms with E-state index in [9.17, 15) is 37.6 Å². The molecule has 0 aliphatic rings. The zero-order valence-corrected chi connectivity index (χ0v) is 25.1. The second kappa shape index (κ2) is 13.9. The number of amides is 1. The molecule has 15 nitrogen and oxygen atoms in total. The van der Waals surface area contributed by atoms with Crippen molar-refractivity contribution in [3.8, 4) is 23.1 Å². The van der Waals surface area contributed by atoms with Crippen molar-refractivity contribution in [1.82, 2.24) is 30.0 Å². The van der Waals surface area contributed by atoms with E-state index >= 15 is 0 Å². The topological polar surface area (TPSA) is 220 Å². The lowest BCUT2D eigenvalue weighted by atomic mass is 10.1. The molecule has 0 bridgehead atoms. The van der Waals surface area contributed by atoms with Crippen molar-refractivity contribution in [1.29, 1.82) is 5.26 Å². The molecule has 0 fully saturated rings. The zero-order chi connectivity index (χ0) is 33.6. The van der Waals surface area contributed by atoms with Crippen molar-refractivity contribution in [2.24, 2.45) is 0 Å². The summed E-state index contributed by atoms with van der Waals surface area (Å²) in [6.45, 7) is 0.205. The molecule has 4 aromatic rings. The fourth-order valence-corrected chi connectivity index (χ4v) is 4.88. The molecule has 0 aliphatic heterocycles. The number of benzene rings is 1. The normalized spacial score (nSPS) is 11.5. The number of alkyl halides is 3. The van der Waals surface area contributed by atoms with Crippen molar-refractivity contribution < 1.29 is 42.2 Å². The van der Waals surface area contributed by atoms with Crippen LogP contribution >= 0.6 is 7.60 Å². The molecule has 0 saturated carbocycles. The number of nitriles is 1. The number of aliphatic hydroxyl groups excluding tert-OH is 1. The Morgan fingerprint density at radius 1 is 1.15 bits per heavy atom. The average Bonchev–Trinajstić information content (AvgIpc) is 3.42. The number of ether oxygens (including phenoxy) is 1. The fraction of sp³-hybridized carbons (Fsp3) is 0.259. The molecule has 3 heterocycles. The van der Waals surface area contributed by atoms with Crippen LogP contribution in [-0.2, 0) is 23.4 Å². The number of halogens is 3. The number of hydrogen-bond donors (Lipinski definition) is 6. The number of methoxy groups -OCH3 is 1. The molecule has 0 aliphatic carbocycles. The Kier molecular flexibility index (Phi) is 10.2. The number of aliphatic hydroxyl groups is 1. The third-order valence-corrected chi connectivity index (χ3v) is 7.05. The predicted molar refractivity (Wildman–Crippen MR) is 158 cm³/mol. The smallest absolute Gasteiger partial charge is 0.421 e. The van der Waals surface area contributed by atoms with E-state index in [-0.39, 0.29) is 57.9 Å². The molecule has 0 saturated heterocycles. The maximum atomic E-state index is 14.0. The fourth-order valence-electron chi connectivity index (χ4n) is 4.21. The van der Waals surface area contributed by atoms with E-state index in [0.717, 1.165) is 0 Å². The van der Waals surface area contributed by atoms with E-state index in [1.807, 2.05) is 6.07 Å². The minimum absolute atomic E-state index is 0.00919. The lowest BCUT2D eigenvalue weighted by Crippen LogP contribution is -2.21. The number of hydrogen-bond acceptors (Lipinski definition) is 11. The van der Waals surface area contributed by atoms with Crippen LogP contribution in [0.2, 0.25) is 0 Å². The summed E-state index contributed by atoms with van der Waals surface area (Å²) in [5.74, 6) is -1.67. The van der Waals surface area contributed by atoms with E-state index < -0.39 is 37.2 Å². The van der Waals surface area contributed by atoms with Gasteiger partial charge in [0.15, 0.2) is 11.4 Å². The van der Waals surface area contributed by atoms with Gasteiger partial charge in [0.1, 0.15) is 23.2 Å². The number of aromatic nitrogens is 5. The maximum absolute atomic E-state index is 14.0. The van der Waals surface area contributed by atoms with Crippen LogP contribution in [0.1, 0.15) is 33.7 Å². The van der Waals surface area contributed by atoms with Crippen LogP contribution in [0.3, 0.4) is 0 Å². The number of nitrogens with one attached hydrogen (secondary N) is 3. The minimum Gasteiger partial charge on any atom is -0.495 e. The largest absolute Gasteiger partial charge is 0.495 e. The summed E-state index contributed by atoms with van der Waals surface area (Å²) in [7, 11) is -1.78. The number of carbonyl (C=O) groups excluding carboxylic acids is 1. The zero-order valence-electron chi connectivity index (χ0n) is 24.2. The lowest BCUT2D eigenvalue weighted by Gasteiger charge is -2.17. The Morgan fingerprint density at radius 3 is 2.52 bits per heavy atom. The summed E-state index contributed by atoms with van der Waals surface area (Å²) in [5.41, 5.74) is -0.875. The van der Waals surface area contributed by atoms with E-state index in [0.29, 0.717) is 19.2 Å². The molecule has 242 valence electrons. The number of aryl methyl sites for hydroxylation is 1. The second-order valence-electron chi connectivity index (χ2n) is 9.58. The van der Waals surface area contributed by atoms with Crippen LogP contribution in [-0.4, -0.2) is 66.3 Å². The first-order valence-corrected chi connectivity index (χ1v) is 15.1. The van der Waals surface area contributed by atoms with Crippen LogP contribution < -0.4 is 20.7 Å². The molecule has 1 amide bonds. The van der Waals surface area contributed by atoms with E-state index in [2.05, 4.69) is 36.0 Å². The highest BCUT2D eigenvalue weighted by Crippen LogP contribution is 2.41. The quantitative estimate of drug-likeness (QED) is 0.120. The summed E-state index contributed by atoms with van der Waals surface area (Å²) < 4.78 is 60.1. The monoisotopic (exact) mass is 661 g/mol. The van der Waals surface area contributed by atoms with Crippen LogP contribution in [0.4, 0.5) is 36.3 Å². The number of nitrogens with zero attached hydrogens (tertiary/aromatic N) is 6. The van der Waals surface area contributed by atoms with Gasteiger partial charge in [-0.2, -0.15) is 28.5 Å². The van der Waals surface area contributed by atoms with Crippen LogP contribution in [0.25, 0.3) is 11.3 Å². The number of pyridine rings is 1. The molecule has 4 rings (SSSR count). The third-order valence-electron chi connectivity index (χ3n) is 6.27. The highest BCUT2D eigenvalue weighted by atomic mass is 31.2. The Balaban J connectivity index is 1.73. The average molecular weight is 662 g/mol. The number of carbonyl (C=O) groups is 1. The van der Waals surface area contributed by atoms with Crippen molar-refractivity contribution >= 4 is 36.6 Å². The van der Waals surface area contributed by atoms with Gasteiger partial charge in [0, 0.05) is 32.6 Å².